The number of pyridine rings is 1. The van der Waals surface area contributed by atoms with Gasteiger partial charge in [-0.1, -0.05) is 30.3 Å². The van der Waals surface area contributed by atoms with Crippen LogP contribution in [0, 0.1) is 6.92 Å². The van der Waals surface area contributed by atoms with Gasteiger partial charge in [0.2, 0.25) is 0 Å². The quantitative estimate of drug-likeness (QED) is 0.407. The van der Waals surface area contributed by atoms with Crippen molar-refractivity contribution in [3.05, 3.63) is 96.2 Å². The van der Waals surface area contributed by atoms with Gasteiger partial charge in [-0.3, -0.25) is 9.78 Å². The highest BCUT2D eigenvalue weighted by Gasteiger charge is 2.19. The molecule has 7 heteroatoms. The van der Waals surface area contributed by atoms with E-state index in [4.69, 9.17) is 4.74 Å². The first-order valence-electron chi connectivity index (χ1n) is 10.6. The van der Waals surface area contributed by atoms with Crippen LogP contribution >= 0.6 is 0 Å². The first-order valence-corrected chi connectivity index (χ1v) is 12.5. The van der Waals surface area contributed by atoms with E-state index in [1.165, 1.54) is 12.1 Å². The van der Waals surface area contributed by atoms with E-state index in [0.717, 1.165) is 28.6 Å². The van der Waals surface area contributed by atoms with E-state index in [9.17, 15) is 13.2 Å². The zero-order valence-corrected chi connectivity index (χ0v) is 19.9. The summed E-state index contributed by atoms with van der Waals surface area (Å²) in [5.41, 5.74) is 4.66. The molecule has 0 bridgehead atoms. The fourth-order valence-corrected chi connectivity index (χ4v) is 4.44. The monoisotopic (exact) mass is 472 g/mol. The maximum atomic E-state index is 13.4. The molecule has 0 aliphatic heterocycles. The van der Waals surface area contributed by atoms with Gasteiger partial charge >= 0.3 is 0 Å². The number of aromatic nitrogens is 1. The SMILES string of the molecule is COc1cccc(-c2cc(S(C)(=O)=O)ccc2C(=O)Nc2cccc(-c3ccccn3)c2)c1C. The Kier molecular flexibility index (Phi) is 6.47. The Morgan fingerprint density at radius 2 is 1.71 bits per heavy atom. The first-order chi connectivity index (χ1) is 16.3. The maximum absolute atomic E-state index is 13.4. The molecule has 0 unspecified atom stereocenters. The Hall–Kier alpha value is -3.97. The van der Waals surface area contributed by atoms with Crippen molar-refractivity contribution >= 4 is 21.4 Å². The van der Waals surface area contributed by atoms with Crippen LogP contribution in [0.5, 0.6) is 5.75 Å². The number of benzene rings is 3. The highest BCUT2D eigenvalue weighted by molar-refractivity contribution is 7.90. The Morgan fingerprint density at radius 3 is 2.41 bits per heavy atom. The molecule has 0 aliphatic rings. The molecule has 4 aromatic rings. The van der Waals surface area contributed by atoms with Crippen LogP contribution in [0.3, 0.4) is 0 Å². The summed E-state index contributed by atoms with van der Waals surface area (Å²) < 4.78 is 29.9. The largest absolute Gasteiger partial charge is 0.496 e. The third kappa shape index (κ3) is 4.84. The van der Waals surface area contributed by atoms with E-state index >= 15 is 0 Å². The lowest BCUT2D eigenvalue weighted by molar-refractivity contribution is 0.102. The van der Waals surface area contributed by atoms with Gasteiger partial charge in [0.05, 0.1) is 17.7 Å². The summed E-state index contributed by atoms with van der Waals surface area (Å²) in [7, 11) is -1.90. The second-order valence-corrected chi connectivity index (χ2v) is 9.88. The lowest BCUT2D eigenvalue weighted by atomic mass is 9.95. The molecule has 0 spiro atoms. The normalized spacial score (nSPS) is 11.1. The van der Waals surface area contributed by atoms with Crippen molar-refractivity contribution in [3.8, 4) is 28.1 Å². The van der Waals surface area contributed by atoms with Gasteiger partial charge in [-0.15, -0.1) is 0 Å². The molecule has 0 radical (unpaired) electrons. The predicted molar refractivity (Wildman–Crippen MR) is 134 cm³/mol. The third-order valence-electron chi connectivity index (χ3n) is 5.54. The second-order valence-electron chi connectivity index (χ2n) is 7.86. The van der Waals surface area contributed by atoms with Gasteiger partial charge < -0.3 is 10.1 Å². The zero-order chi connectivity index (χ0) is 24.3. The molecule has 1 heterocycles. The summed E-state index contributed by atoms with van der Waals surface area (Å²) in [6, 6.07) is 23.1. The summed E-state index contributed by atoms with van der Waals surface area (Å²) >= 11 is 0. The standard InChI is InChI=1S/C27H24N2O4S/c1-18-22(10-7-12-26(18)33-2)24-17-21(34(3,31)32)13-14-23(24)27(30)29-20-9-6-8-19(16-20)25-11-4-5-15-28-25/h4-17H,1-3H3,(H,29,30). The summed E-state index contributed by atoms with van der Waals surface area (Å²) in [5, 5.41) is 2.94. The molecule has 0 aliphatic carbocycles. The number of hydrogen-bond donors (Lipinski definition) is 1. The summed E-state index contributed by atoms with van der Waals surface area (Å²) in [6.45, 7) is 1.87. The number of nitrogens with zero attached hydrogens (tertiary/aromatic N) is 1. The highest BCUT2D eigenvalue weighted by atomic mass is 32.2. The Balaban J connectivity index is 1.77. The second kappa shape index (κ2) is 9.49. The van der Waals surface area contributed by atoms with Crippen LogP contribution in [0.15, 0.2) is 90.0 Å². The average Bonchev–Trinajstić information content (AvgIpc) is 2.84. The molecule has 1 aromatic heterocycles. The molecule has 0 atom stereocenters. The van der Waals surface area contributed by atoms with Gasteiger partial charge in [0.25, 0.3) is 5.91 Å². The van der Waals surface area contributed by atoms with Crippen LogP contribution in [0.1, 0.15) is 15.9 Å². The fraction of sp³-hybridized carbons (Fsp3) is 0.111. The van der Waals surface area contributed by atoms with Crippen LogP contribution in [-0.2, 0) is 9.84 Å². The van der Waals surface area contributed by atoms with Crippen molar-refractivity contribution in [2.24, 2.45) is 0 Å². The van der Waals surface area contributed by atoms with Crippen molar-refractivity contribution in [2.45, 2.75) is 11.8 Å². The lowest BCUT2D eigenvalue weighted by Gasteiger charge is -2.16. The van der Waals surface area contributed by atoms with E-state index in [1.807, 2.05) is 61.5 Å². The molecule has 34 heavy (non-hydrogen) atoms. The number of carbonyl (C=O) groups is 1. The van der Waals surface area contributed by atoms with Crippen molar-refractivity contribution in [1.29, 1.82) is 0 Å². The molecule has 6 nitrogen and oxygen atoms in total. The van der Waals surface area contributed by atoms with Gasteiger partial charge in [0.15, 0.2) is 9.84 Å². The number of anilines is 1. The molecule has 3 aromatic carbocycles. The molecule has 0 saturated heterocycles. The minimum absolute atomic E-state index is 0.137. The van der Waals surface area contributed by atoms with Gasteiger partial charge in [0, 0.05) is 29.3 Å². The van der Waals surface area contributed by atoms with Crippen molar-refractivity contribution < 1.29 is 17.9 Å². The van der Waals surface area contributed by atoms with Gasteiger partial charge in [-0.05, 0) is 72.1 Å². The minimum atomic E-state index is -3.47. The van der Waals surface area contributed by atoms with E-state index in [0.29, 0.717) is 22.6 Å². The zero-order valence-electron chi connectivity index (χ0n) is 19.1. The summed E-state index contributed by atoms with van der Waals surface area (Å²) in [6.07, 6.45) is 2.86. The Morgan fingerprint density at radius 1 is 0.912 bits per heavy atom. The van der Waals surface area contributed by atoms with Gasteiger partial charge in [0.1, 0.15) is 5.75 Å². The first kappa shape index (κ1) is 23.2. The molecular weight excluding hydrogens is 448 g/mol. The van der Waals surface area contributed by atoms with Crippen LogP contribution < -0.4 is 10.1 Å². The van der Waals surface area contributed by atoms with Crippen LogP contribution in [0.4, 0.5) is 5.69 Å². The Labute approximate surface area is 199 Å². The van der Waals surface area contributed by atoms with Crippen molar-refractivity contribution in [1.82, 2.24) is 4.98 Å². The van der Waals surface area contributed by atoms with Crippen molar-refractivity contribution in [2.75, 3.05) is 18.7 Å². The summed E-state index contributed by atoms with van der Waals surface area (Å²) in [5.74, 6) is 0.298. The predicted octanol–water partition coefficient (Wildman–Crippen LogP) is 5.39. The molecule has 0 saturated carbocycles. The number of sulfone groups is 1. The molecule has 0 fully saturated rings. The smallest absolute Gasteiger partial charge is 0.256 e. The highest BCUT2D eigenvalue weighted by Crippen LogP contribution is 2.34. The molecule has 4 rings (SSSR count). The number of rotatable bonds is 6. The van der Waals surface area contributed by atoms with Crippen molar-refractivity contribution in [3.63, 3.8) is 0 Å². The topological polar surface area (TPSA) is 85.4 Å². The van der Waals surface area contributed by atoms with E-state index < -0.39 is 9.84 Å². The summed E-state index contributed by atoms with van der Waals surface area (Å²) in [4.78, 5) is 17.9. The third-order valence-corrected chi connectivity index (χ3v) is 6.65. The van der Waals surface area contributed by atoms with Gasteiger partial charge in [-0.2, -0.15) is 0 Å². The Bertz CT molecular complexity index is 1470. The number of ether oxygens (including phenoxy) is 1. The lowest BCUT2D eigenvalue weighted by Crippen LogP contribution is -2.14. The van der Waals surface area contributed by atoms with E-state index in [-0.39, 0.29) is 10.8 Å². The van der Waals surface area contributed by atoms with Crippen LogP contribution in [0.2, 0.25) is 0 Å². The number of hydrogen-bond acceptors (Lipinski definition) is 5. The average molecular weight is 473 g/mol. The molecule has 172 valence electrons. The van der Waals surface area contributed by atoms with Crippen LogP contribution in [-0.4, -0.2) is 32.7 Å². The molecule has 1 amide bonds. The maximum Gasteiger partial charge on any atom is 0.256 e. The number of nitrogens with one attached hydrogen (secondary N) is 1. The number of amides is 1. The van der Waals surface area contributed by atoms with E-state index in [1.54, 1.807) is 25.4 Å². The number of methoxy groups -OCH3 is 1. The van der Waals surface area contributed by atoms with Crippen LogP contribution in [0.25, 0.3) is 22.4 Å². The fourth-order valence-electron chi connectivity index (χ4n) is 3.79. The van der Waals surface area contributed by atoms with Gasteiger partial charge in [-0.25, -0.2) is 8.42 Å². The molecular formula is C27H24N2O4S. The van der Waals surface area contributed by atoms with E-state index in [2.05, 4.69) is 10.3 Å². The minimum Gasteiger partial charge on any atom is -0.496 e. The number of carbonyl (C=O) groups excluding carboxylic acids is 1. The molecule has 1 N–H and O–H groups in total.